The van der Waals surface area contributed by atoms with Gasteiger partial charge in [0.1, 0.15) is 0 Å². The largest absolute Gasteiger partial charge is 0.352 e. The van der Waals surface area contributed by atoms with Gasteiger partial charge in [0.2, 0.25) is 0 Å². The van der Waals surface area contributed by atoms with Crippen molar-refractivity contribution in [3.8, 4) is 11.8 Å². The van der Waals surface area contributed by atoms with E-state index in [1.54, 1.807) is 6.92 Å². The summed E-state index contributed by atoms with van der Waals surface area (Å²) in [7, 11) is 0. The third-order valence-electron chi connectivity index (χ3n) is 2.42. The van der Waals surface area contributed by atoms with Crippen LogP contribution in [0.3, 0.4) is 0 Å². The first-order valence-corrected chi connectivity index (χ1v) is 5.70. The summed E-state index contributed by atoms with van der Waals surface area (Å²) in [4.78, 5) is 11.9. The van der Waals surface area contributed by atoms with Gasteiger partial charge in [-0.3, -0.25) is 4.79 Å². The van der Waals surface area contributed by atoms with Crippen LogP contribution in [0.1, 0.15) is 34.8 Å². The number of amides is 1. The minimum absolute atomic E-state index is 0.0595. The van der Waals surface area contributed by atoms with Gasteiger partial charge in [-0.25, -0.2) is 0 Å². The van der Waals surface area contributed by atoms with Crippen LogP contribution in [-0.2, 0) is 0 Å². The fourth-order valence-electron chi connectivity index (χ4n) is 1.49. The third-order valence-corrected chi connectivity index (χ3v) is 2.42. The van der Waals surface area contributed by atoms with Gasteiger partial charge < -0.3 is 11.1 Å². The number of rotatable bonds is 4. The Bertz CT molecular complexity index is 455. The first-order chi connectivity index (χ1) is 8.19. The highest BCUT2D eigenvalue weighted by Crippen LogP contribution is 2.10. The summed E-state index contributed by atoms with van der Waals surface area (Å²) in [6, 6.07) is 5.66. The number of carbonyl (C=O) groups excluding carboxylic acids is 1. The summed E-state index contributed by atoms with van der Waals surface area (Å²) >= 11 is 0. The van der Waals surface area contributed by atoms with Gasteiger partial charge in [0.05, 0.1) is 0 Å². The summed E-state index contributed by atoms with van der Waals surface area (Å²) in [5.74, 6) is 5.71. The smallest absolute Gasteiger partial charge is 0.251 e. The molecule has 1 rings (SSSR count). The fraction of sp³-hybridized carbons (Fsp3) is 0.357. The normalized spacial score (nSPS) is 9.35. The molecular formula is C14H18N2O. The van der Waals surface area contributed by atoms with Crippen molar-refractivity contribution in [1.29, 1.82) is 0 Å². The van der Waals surface area contributed by atoms with Crippen molar-refractivity contribution in [3.05, 3.63) is 34.9 Å². The number of carbonyl (C=O) groups is 1. The molecule has 1 aromatic carbocycles. The standard InChI is InChI=1S/C14H18N2O/c1-3-5-12-7-6-11(2)13(10-12)14(17)16-9-4-8-15/h6-7,10H,4,8-9,15H2,1-2H3,(H,16,17). The lowest BCUT2D eigenvalue weighted by Crippen LogP contribution is -2.26. The third kappa shape index (κ3) is 3.93. The molecule has 90 valence electrons. The number of hydrogen-bond donors (Lipinski definition) is 2. The Kier molecular flexibility index (Phi) is 5.25. The van der Waals surface area contributed by atoms with Gasteiger partial charge in [-0.15, -0.1) is 5.92 Å². The molecule has 3 heteroatoms. The number of nitrogens with two attached hydrogens (primary N) is 1. The van der Waals surface area contributed by atoms with Gasteiger partial charge in [0.25, 0.3) is 5.91 Å². The topological polar surface area (TPSA) is 55.1 Å². The Labute approximate surface area is 102 Å². The Balaban J connectivity index is 2.83. The zero-order chi connectivity index (χ0) is 12.7. The second-order valence-corrected chi connectivity index (χ2v) is 3.80. The van der Waals surface area contributed by atoms with E-state index in [0.29, 0.717) is 18.7 Å². The van der Waals surface area contributed by atoms with E-state index in [2.05, 4.69) is 17.2 Å². The lowest BCUT2D eigenvalue weighted by atomic mass is 10.0. The summed E-state index contributed by atoms with van der Waals surface area (Å²) in [6.07, 6.45) is 0.791. The van der Waals surface area contributed by atoms with Gasteiger partial charge in [-0.1, -0.05) is 12.0 Å². The molecule has 0 aliphatic heterocycles. The molecule has 0 saturated carbocycles. The lowest BCUT2D eigenvalue weighted by molar-refractivity contribution is 0.0953. The molecule has 0 atom stereocenters. The molecule has 1 amide bonds. The quantitative estimate of drug-likeness (QED) is 0.607. The van der Waals surface area contributed by atoms with Gasteiger partial charge in [0.15, 0.2) is 0 Å². The van der Waals surface area contributed by atoms with Crippen LogP contribution in [0.25, 0.3) is 0 Å². The Morgan fingerprint density at radius 3 is 2.88 bits per heavy atom. The van der Waals surface area contributed by atoms with Crippen molar-refractivity contribution in [2.24, 2.45) is 5.73 Å². The molecule has 0 aromatic heterocycles. The van der Waals surface area contributed by atoms with Crippen LogP contribution in [0.4, 0.5) is 0 Å². The molecule has 0 spiro atoms. The van der Waals surface area contributed by atoms with Gasteiger partial charge in [0, 0.05) is 17.7 Å². The van der Waals surface area contributed by atoms with Crippen LogP contribution in [-0.4, -0.2) is 19.0 Å². The van der Waals surface area contributed by atoms with E-state index in [0.717, 1.165) is 17.5 Å². The van der Waals surface area contributed by atoms with Crippen LogP contribution < -0.4 is 11.1 Å². The van der Waals surface area contributed by atoms with Crippen molar-refractivity contribution >= 4 is 5.91 Å². The van der Waals surface area contributed by atoms with E-state index < -0.39 is 0 Å². The predicted molar refractivity (Wildman–Crippen MR) is 69.7 cm³/mol. The van der Waals surface area contributed by atoms with Crippen molar-refractivity contribution < 1.29 is 4.79 Å². The molecule has 0 radical (unpaired) electrons. The predicted octanol–water partition coefficient (Wildman–Crippen LogP) is 1.45. The maximum atomic E-state index is 11.9. The number of benzene rings is 1. The molecule has 0 aliphatic carbocycles. The van der Waals surface area contributed by atoms with Crippen molar-refractivity contribution in [1.82, 2.24) is 5.32 Å². The molecular weight excluding hydrogens is 212 g/mol. The van der Waals surface area contributed by atoms with Crippen molar-refractivity contribution in [2.75, 3.05) is 13.1 Å². The second-order valence-electron chi connectivity index (χ2n) is 3.80. The van der Waals surface area contributed by atoms with Gasteiger partial charge in [-0.05, 0) is 44.5 Å². The average Bonchev–Trinajstić information content (AvgIpc) is 2.32. The van der Waals surface area contributed by atoms with Gasteiger partial charge >= 0.3 is 0 Å². The molecule has 3 nitrogen and oxygen atoms in total. The summed E-state index contributed by atoms with van der Waals surface area (Å²) < 4.78 is 0. The van der Waals surface area contributed by atoms with E-state index in [9.17, 15) is 4.79 Å². The lowest BCUT2D eigenvalue weighted by Gasteiger charge is -2.07. The van der Waals surface area contributed by atoms with Crippen LogP contribution in [0.15, 0.2) is 18.2 Å². The molecule has 0 aliphatic rings. The molecule has 0 saturated heterocycles. The monoisotopic (exact) mass is 230 g/mol. The Morgan fingerprint density at radius 2 is 2.24 bits per heavy atom. The maximum absolute atomic E-state index is 11.9. The van der Waals surface area contributed by atoms with Crippen LogP contribution in [0, 0.1) is 18.8 Å². The van der Waals surface area contributed by atoms with E-state index in [-0.39, 0.29) is 5.91 Å². The number of nitrogens with one attached hydrogen (secondary N) is 1. The fourth-order valence-corrected chi connectivity index (χ4v) is 1.49. The van der Waals surface area contributed by atoms with E-state index in [4.69, 9.17) is 5.73 Å². The van der Waals surface area contributed by atoms with Crippen molar-refractivity contribution in [3.63, 3.8) is 0 Å². The van der Waals surface area contributed by atoms with Crippen LogP contribution in [0.2, 0.25) is 0 Å². The maximum Gasteiger partial charge on any atom is 0.251 e. The molecule has 0 bridgehead atoms. The summed E-state index contributed by atoms with van der Waals surface area (Å²) in [5.41, 5.74) is 7.88. The highest BCUT2D eigenvalue weighted by atomic mass is 16.1. The molecule has 0 heterocycles. The molecule has 0 fully saturated rings. The Hall–Kier alpha value is -1.79. The minimum Gasteiger partial charge on any atom is -0.352 e. The van der Waals surface area contributed by atoms with Crippen molar-refractivity contribution in [2.45, 2.75) is 20.3 Å². The molecule has 1 aromatic rings. The van der Waals surface area contributed by atoms with Gasteiger partial charge in [-0.2, -0.15) is 0 Å². The number of aryl methyl sites for hydroxylation is 1. The molecule has 3 N–H and O–H groups in total. The van der Waals surface area contributed by atoms with E-state index in [1.807, 2.05) is 25.1 Å². The van der Waals surface area contributed by atoms with Crippen LogP contribution in [0.5, 0.6) is 0 Å². The minimum atomic E-state index is -0.0595. The zero-order valence-corrected chi connectivity index (χ0v) is 10.3. The first kappa shape index (κ1) is 13.3. The molecule has 17 heavy (non-hydrogen) atoms. The average molecular weight is 230 g/mol. The summed E-state index contributed by atoms with van der Waals surface area (Å²) in [6.45, 7) is 4.89. The second kappa shape index (κ2) is 6.72. The first-order valence-electron chi connectivity index (χ1n) is 5.70. The zero-order valence-electron chi connectivity index (χ0n) is 10.3. The Morgan fingerprint density at radius 1 is 1.47 bits per heavy atom. The SMILES string of the molecule is CC#Cc1ccc(C)c(C(=O)NCCCN)c1. The van der Waals surface area contributed by atoms with E-state index in [1.165, 1.54) is 0 Å². The van der Waals surface area contributed by atoms with E-state index >= 15 is 0 Å². The number of hydrogen-bond acceptors (Lipinski definition) is 2. The highest BCUT2D eigenvalue weighted by Gasteiger charge is 2.08. The molecule has 0 unspecified atom stereocenters. The summed E-state index contributed by atoms with van der Waals surface area (Å²) in [5, 5.41) is 2.84. The highest BCUT2D eigenvalue weighted by molar-refractivity contribution is 5.95. The van der Waals surface area contributed by atoms with Crippen LogP contribution >= 0.6 is 0 Å².